The standard InChI is InChI=1S/C14H19NO/c1-3-11-7-9-12-5-4-6-14(16)15(2)13(12)10-8-11/h7-9H,3-6,10H2,1-2H3. The molecule has 2 heteroatoms. The minimum absolute atomic E-state index is 0.256. The van der Waals surface area contributed by atoms with Crippen molar-refractivity contribution in [3.8, 4) is 0 Å². The van der Waals surface area contributed by atoms with E-state index in [0.717, 1.165) is 25.7 Å². The highest BCUT2D eigenvalue weighted by Gasteiger charge is 2.20. The third-order valence-electron chi connectivity index (χ3n) is 3.45. The zero-order valence-electron chi connectivity index (χ0n) is 10.1. The molecule has 0 aromatic carbocycles. The molecule has 0 bridgehead atoms. The van der Waals surface area contributed by atoms with Crippen molar-refractivity contribution in [2.45, 2.75) is 39.0 Å². The van der Waals surface area contributed by atoms with Gasteiger partial charge in [-0.15, -0.1) is 0 Å². The first kappa shape index (κ1) is 11.2. The van der Waals surface area contributed by atoms with Crippen molar-refractivity contribution in [2.24, 2.45) is 0 Å². The van der Waals surface area contributed by atoms with Crippen molar-refractivity contribution in [2.75, 3.05) is 7.05 Å². The zero-order chi connectivity index (χ0) is 11.5. The first-order valence-electron chi connectivity index (χ1n) is 6.08. The molecule has 2 rings (SSSR count). The average Bonchev–Trinajstić information content (AvgIpc) is 2.56. The van der Waals surface area contributed by atoms with Crippen LogP contribution in [0.4, 0.5) is 0 Å². The van der Waals surface area contributed by atoms with Gasteiger partial charge in [0.1, 0.15) is 0 Å². The first-order chi connectivity index (χ1) is 7.72. The predicted octanol–water partition coefficient (Wildman–Crippen LogP) is 3.18. The maximum absolute atomic E-state index is 11.8. The summed E-state index contributed by atoms with van der Waals surface area (Å²) < 4.78 is 0. The molecular weight excluding hydrogens is 198 g/mol. The van der Waals surface area contributed by atoms with Gasteiger partial charge in [-0.05, 0) is 24.8 Å². The van der Waals surface area contributed by atoms with E-state index in [9.17, 15) is 4.79 Å². The second-order valence-electron chi connectivity index (χ2n) is 4.45. The maximum atomic E-state index is 11.8. The van der Waals surface area contributed by atoms with Crippen LogP contribution in [0.1, 0.15) is 39.0 Å². The molecule has 0 radical (unpaired) electrons. The lowest BCUT2D eigenvalue weighted by atomic mass is 10.1. The summed E-state index contributed by atoms with van der Waals surface area (Å²) in [6, 6.07) is 0. The number of amides is 1. The van der Waals surface area contributed by atoms with Gasteiger partial charge >= 0.3 is 0 Å². The van der Waals surface area contributed by atoms with Gasteiger partial charge in [0.15, 0.2) is 0 Å². The van der Waals surface area contributed by atoms with Gasteiger partial charge in [-0.25, -0.2) is 0 Å². The van der Waals surface area contributed by atoms with Crippen LogP contribution >= 0.6 is 0 Å². The molecule has 0 aromatic rings. The smallest absolute Gasteiger partial charge is 0.226 e. The molecule has 0 unspecified atom stereocenters. The van der Waals surface area contributed by atoms with E-state index < -0.39 is 0 Å². The van der Waals surface area contributed by atoms with Gasteiger partial charge in [0.25, 0.3) is 0 Å². The van der Waals surface area contributed by atoms with E-state index in [1.54, 1.807) is 0 Å². The average molecular weight is 217 g/mol. The Hall–Kier alpha value is -1.31. The highest BCUT2D eigenvalue weighted by Crippen LogP contribution is 2.28. The van der Waals surface area contributed by atoms with Crippen molar-refractivity contribution < 1.29 is 4.79 Å². The fourth-order valence-corrected chi connectivity index (χ4v) is 2.32. The molecule has 0 saturated heterocycles. The van der Waals surface area contributed by atoms with Crippen LogP contribution in [0.25, 0.3) is 0 Å². The van der Waals surface area contributed by atoms with Crippen molar-refractivity contribution in [3.05, 3.63) is 35.1 Å². The summed E-state index contributed by atoms with van der Waals surface area (Å²) in [5, 5.41) is 0. The largest absolute Gasteiger partial charge is 0.319 e. The molecule has 2 nitrogen and oxygen atoms in total. The van der Waals surface area contributed by atoms with Gasteiger partial charge in [0.05, 0.1) is 0 Å². The van der Waals surface area contributed by atoms with Crippen molar-refractivity contribution in [1.82, 2.24) is 4.90 Å². The van der Waals surface area contributed by atoms with Crippen LogP contribution in [-0.4, -0.2) is 17.9 Å². The lowest BCUT2D eigenvalue weighted by Crippen LogP contribution is -2.24. The molecule has 16 heavy (non-hydrogen) atoms. The minimum Gasteiger partial charge on any atom is -0.319 e. The summed E-state index contributed by atoms with van der Waals surface area (Å²) in [6.45, 7) is 2.17. The van der Waals surface area contributed by atoms with Crippen LogP contribution in [0.2, 0.25) is 0 Å². The van der Waals surface area contributed by atoms with Gasteiger partial charge in [0.2, 0.25) is 5.91 Å². The molecule has 0 aromatic heterocycles. The summed E-state index contributed by atoms with van der Waals surface area (Å²) >= 11 is 0. The number of carbonyl (C=O) groups excluding carboxylic acids is 1. The number of rotatable bonds is 1. The maximum Gasteiger partial charge on any atom is 0.226 e. The molecule has 0 saturated carbocycles. The molecule has 0 spiro atoms. The Bertz CT molecular complexity index is 388. The summed E-state index contributed by atoms with van der Waals surface area (Å²) in [5.74, 6) is 0.256. The molecule has 1 aliphatic carbocycles. The van der Waals surface area contributed by atoms with Crippen LogP contribution in [0.5, 0.6) is 0 Å². The monoisotopic (exact) mass is 217 g/mol. The lowest BCUT2D eigenvalue weighted by molar-refractivity contribution is -0.128. The Morgan fingerprint density at radius 3 is 2.88 bits per heavy atom. The summed E-state index contributed by atoms with van der Waals surface area (Å²) in [5.41, 5.74) is 3.91. The van der Waals surface area contributed by atoms with Crippen LogP contribution in [0.3, 0.4) is 0 Å². The van der Waals surface area contributed by atoms with Gasteiger partial charge in [0, 0.05) is 25.6 Å². The van der Waals surface area contributed by atoms with E-state index in [4.69, 9.17) is 0 Å². The quantitative estimate of drug-likeness (QED) is 0.660. The lowest BCUT2D eigenvalue weighted by Gasteiger charge is -2.19. The van der Waals surface area contributed by atoms with E-state index in [2.05, 4.69) is 25.2 Å². The van der Waals surface area contributed by atoms with Crippen LogP contribution in [-0.2, 0) is 4.79 Å². The second-order valence-corrected chi connectivity index (χ2v) is 4.45. The highest BCUT2D eigenvalue weighted by atomic mass is 16.2. The number of nitrogens with zero attached hydrogens (tertiary/aromatic N) is 1. The Morgan fingerprint density at radius 1 is 1.31 bits per heavy atom. The molecule has 1 amide bonds. The topological polar surface area (TPSA) is 20.3 Å². The van der Waals surface area contributed by atoms with Crippen molar-refractivity contribution >= 4 is 5.91 Å². The van der Waals surface area contributed by atoms with E-state index in [0.29, 0.717) is 6.42 Å². The fraction of sp³-hybridized carbons (Fsp3) is 0.500. The SMILES string of the molecule is CCC1=CCC2=C(C=C1)CCCC(=O)N2C. The van der Waals surface area contributed by atoms with Gasteiger partial charge in [-0.1, -0.05) is 30.7 Å². The normalized spacial score (nSPS) is 21.5. The van der Waals surface area contributed by atoms with E-state index in [1.165, 1.54) is 16.8 Å². The predicted molar refractivity (Wildman–Crippen MR) is 65.8 cm³/mol. The Kier molecular flexibility index (Phi) is 3.28. The van der Waals surface area contributed by atoms with Crippen LogP contribution < -0.4 is 0 Å². The molecule has 2 aliphatic rings. The van der Waals surface area contributed by atoms with Crippen molar-refractivity contribution in [3.63, 3.8) is 0 Å². The molecule has 1 aliphatic heterocycles. The Balaban J connectivity index is 2.31. The Morgan fingerprint density at radius 2 is 2.12 bits per heavy atom. The van der Waals surface area contributed by atoms with Gasteiger partial charge in [-0.2, -0.15) is 0 Å². The van der Waals surface area contributed by atoms with Crippen LogP contribution in [0, 0.1) is 0 Å². The number of carbonyl (C=O) groups is 1. The number of hydrogen-bond acceptors (Lipinski definition) is 1. The van der Waals surface area contributed by atoms with Gasteiger partial charge < -0.3 is 4.90 Å². The Labute approximate surface area is 97.3 Å². The van der Waals surface area contributed by atoms with E-state index >= 15 is 0 Å². The second kappa shape index (κ2) is 4.69. The minimum atomic E-state index is 0.256. The zero-order valence-corrected chi connectivity index (χ0v) is 10.1. The molecule has 0 N–H and O–H groups in total. The summed E-state index contributed by atoms with van der Waals surface area (Å²) in [4.78, 5) is 13.6. The van der Waals surface area contributed by atoms with E-state index in [1.807, 2.05) is 11.9 Å². The molecule has 86 valence electrons. The number of hydrogen-bond donors (Lipinski definition) is 0. The highest BCUT2D eigenvalue weighted by molar-refractivity contribution is 5.78. The molecular formula is C14H19NO. The van der Waals surface area contributed by atoms with Gasteiger partial charge in [-0.3, -0.25) is 4.79 Å². The summed E-state index contributed by atoms with van der Waals surface area (Å²) in [6.07, 6.45) is 11.3. The molecule has 0 atom stereocenters. The van der Waals surface area contributed by atoms with E-state index in [-0.39, 0.29) is 5.91 Å². The fourth-order valence-electron chi connectivity index (χ4n) is 2.32. The summed E-state index contributed by atoms with van der Waals surface area (Å²) in [7, 11) is 1.90. The molecule has 1 heterocycles. The third kappa shape index (κ3) is 2.11. The third-order valence-corrected chi connectivity index (χ3v) is 3.45. The number of allylic oxidation sites excluding steroid dienone is 5. The molecule has 0 fully saturated rings. The van der Waals surface area contributed by atoms with Crippen molar-refractivity contribution in [1.29, 1.82) is 0 Å². The first-order valence-corrected chi connectivity index (χ1v) is 6.08. The van der Waals surface area contributed by atoms with Crippen LogP contribution in [0.15, 0.2) is 35.1 Å².